The van der Waals surface area contributed by atoms with Crippen molar-refractivity contribution in [3.63, 3.8) is 0 Å². The lowest BCUT2D eigenvalue weighted by Gasteiger charge is -2.21. The first-order valence-electron chi connectivity index (χ1n) is 5.42. The lowest BCUT2D eigenvalue weighted by molar-refractivity contribution is -0.120. The Morgan fingerprint density at radius 3 is 3.00 bits per heavy atom. The van der Waals surface area contributed by atoms with E-state index in [1.54, 1.807) is 0 Å². The standard InChI is InChI=1S/C10H20N2OS/c1-2-11-8-10(13)12-7-9-5-3-4-6-14-9/h9,11H,2-8H2,1H3,(H,12,13). The van der Waals surface area contributed by atoms with Crippen LogP contribution in [-0.2, 0) is 4.79 Å². The van der Waals surface area contributed by atoms with Crippen molar-refractivity contribution in [2.45, 2.75) is 31.4 Å². The summed E-state index contributed by atoms with van der Waals surface area (Å²) in [5.74, 6) is 1.38. The average Bonchev–Trinajstić information content (AvgIpc) is 2.25. The number of nitrogens with one attached hydrogen (secondary N) is 2. The van der Waals surface area contributed by atoms with E-state index in [0.29, 0.717) is 11.8 Å². The SMILES string of the molecule is CCNCC(=O)NCC1CCCCS1. The normalized spacial score (nSPS) is 21.9. The zero-order chi connectivity index (χ0) is 10.2. The fourth-order valence-electron chi connectivity index (χ4n) is 1.50. The van der Waals surface area contributed by atoms with Gasteiger partial charge in [-0.2, -0.15) is 11.8 Å². The molecule has 3 nitrogen and oxygen atoms in total. The highest BCUT2D eigenvalue weighted by Gasteiger charge is 2.14. The highest BCUT2D eigenvalue weighted by molar-refractivity contribution is 7.99. The topological polar surface area (TPSA) is 41.1 Å². The van der Waals surface area contributed by atoms with Crippen LogP contribution in [0.3, 0.4) is 0 Å². The van der Waals surface area contributed by atoms with Gasteiger partial charge in [-0.05, 0) is 25.1 Å². The number of rotatable bonds is 5. The Morgan fingerprint density at radius 2 is 2.36 bits per heavy atom. The van der Waals surface area contributed by atoms with Crippen molar-refractivity contribution in [2.75, 3.05) is 25.4 Å². The molecular weight excluding hydrogens is 196 g/mol. The molecule has 0 saturated carbocycles. The third-order valence-corrected chi connectivity index (χ3v) is 3.73. The molecule has 0 spiro atoms. The van der Waals surface area contributed by atoms with E-state index in [9.17, 15) is 4.79 Å². The molecule has 1 aliphatic heterocycles. The van der Waals surface area contributed by atoms with E-state index in [4.69, 9.17) is 0 Å². The molecule has 1 atom stereocenters. The fourth-order valence-corrected chi connectivity index (χ4v) is 2.74. The molecular formula is C10H20N2OS. The average molecular weight is 216 g/mol. The van der Waals surface area contributed by atoms with Crippen molar-refractivity contribution < 1.29 is 4.79 Å². The van der Waals surface area contributed by atoms with Gasteiger partial charge in [0.25, 0.3) is 0 Å². The van der Waals surface area contributed by atoms with Gasteiger partial charge in [0.05, 0.1) is 6.54 Å². The highest BCUT2D eigenvalue weighted by atomic mass is 32.2. The lowest BCUT2D eigenvalue weighted by atomic mass is 10.2. The van der Waals surface area contributed by atoms with Gasteiger partial charge in [0.1, 0.15) is 0 Å². The molecule has 1 rings (SSSR count). The molecule has 2 N–H and O–H groups in total. The van der Waals surface area contributed by atoms with Gasteiger partial charge >= 0.3 is 0 Å². The van der Waals surface area contributed by atoms with Crippen molar-refractivity contribution >= 4 is 17.7 Å². The predicted octanol–water partition coefficient (Wildman–Crippen LogP) is 0.998. The number of carbonyl (C=O) groups is 1. The third kappa shape index (κ3) is 4.86. The van der Waals surface area contributed by atoms with Crippen LogP contribution in [0.15, 0.2) is 0 Å². The summed E-state index contributed by atoms with van der Waals surface area (Å²) < 4.78 is 0. The predicted molar refractivity (Wildman–Crippen MR) is 61.7 cm³/mol. The number of amides is 1. The lowest BCUT2D eigenvalue weighted by Crippen LogP contribution is -2.37. The van der Waals surface area contributed by atoms with E-state index in [-0.39, 0.29) is 5.91 Å². The highest BCUT2D eigenvalue weighted by Crippen LogP contribution is 2.24. The summed E-state index contributed by atoms with van der Waals surface area (Å²) in [6, 6.07) is 0. The molecule has 0 radical (unpaired) electrons. The van der Waals surface area contributed by atoms with Gasteiger partial charge in [-0.15, -0.1) is 0 Å². The van der Waals surface area contributed by atoms with E-state index < -0.39 is 0 Å². The van der Waals surface area contributed by atoms with Gasteiger partial charge < -0.3 is 10.6 Å². The molecule has 0 aromatic heterocycles. The van der Waals surface area contributed by atoms with Gasteiger partial charge in [-0.25, -0.2) is 0 Å². The van der Waals surface area contributed by atoms with Gasteiger partial charge in [0.15, 0.2) is 0 Å². The molecule has 0 aliphatic carbocycles. The molecule has 1 unspecified atom stereocenters. The van der Waals surface area contributed by atoms with Gasteiger partial charge in [0, 0.05) is 11.8 Å². The summed E-state index contributed by atoms with van der Waals surface area (Å²) in [7, 11) is 0. The van der Waals surface area contributed by atoms with Gasteiger partial charge in [-0.3, -0.25) is 4.79 Å². The first-order valence-corrected chi connectivity index (χ1v) is 6.47. The van der Waals surface area contributed by atoms with Gasteiger partial charge in [0.2, 0.25) is 5.91 Å². The zero-order valence-corrected chi connectivity index (χ0v) is 9.66. The van der Waals surface area contributed by atoms with Crippen LogP contribution >= 0.6 is 11.8 Å². The Balaban J connectivity index is 2.03. The molecule has 82 valence electrons. The Morgan fingerprint density at radius 1 is 1.50 bits per heavy atom. The minimum atomic E-state index is 0.123. The number of hydrogen-bond acceptors (Lipinski definition) is 3. The Bertz CT molecular complexity index is 170. The Hall–Kier alpha value is -0.220. The second kappa shape index (κ2) is 7.12. The summed E-state index contributed by atoms with van der Waals surface area (Å²) in [4.78, 5) is 11.3. The maximum absolute atomic E-state index is 11.3. The minimum Gasteiger partial charge on any atom is -0.354 e. The van der Waals surface area contributed by atoms with Crippen LogP contribution in [0.1, 0.15) is 26.2 Å². The minimum absolute atomic E-state index is 0.123. The maximum Gasteiger partial charge on any atom is 0.233 e. The number of hydrogen-bond donors (Lipinski definition) is 2. The van der Waals surface area contributed by atoms with E-state index in [0.717, 1.165) is 13.1 Å². The molecule has 4 heteroatoms. The summed E-state index contributed by atoms with van der Waals surface area (Å²) in [6.45, 7) is 4.15. The third-order valence-electron chi connectivity index (χ3n) is 2.34. The molecule has 0 aromatic carbocycles. The van der Waals surface area contributed by atoms with E-state index >= 15 is 0 Å². The van der Waals surface area contributed by atoms with Crippen LogP contribution in [-0.4, -0.2) is 36.5 Å². The molecule has 1 fully saturated rings. The number of likely N-dealkylation sites (N-methyl/N-ethyl adjacent to an activating group) is 1. The second-order valence-corrected chi connectivity index (χ2v) is 4.98. The number of thioether (sulfide) groups is 1. The Labute approximate surface area is 90.4 Å². The van der Waals surface area contributed by atoms with Crippen LogP contribution < -0.4 is 10.6 Å². The summed E-state index contributed by atoms with van der Waals surface area (Å²) in [6.07, 6.45) is 3.92. The van der Waals surface area contributed by atoms with Crippen LogP contribution in [0.25, 0.3) is 0 Å². The molecule has 1 saturated heterocycles. The summed E-state index contributed by atoms with van der Waals surface area (Å²) in [5.41, 5.74) is 0. The first-order chi connectivity index (χ1) is 6.83. The van der Waals surface area contributed by atoms with Crippen molar-refractivity contribution in [3.05, 3.63) is 0 Å². The van der Waals surface area contributed by atoms with Crippen molar-refractivity contribution in [1.82, 2.24) is 10.6 Å². The van der Waals surface area contributed by atoms with Crippen LogP contribution in [0, 0.1) is 0 Å². The van der Waals surface area contributed by atoms with Crippen LogP contribution in [0.5, 0.6) is 0 Å². The quantitative estimate of drug-likeness (QED) is 0.720. The maximum atomic E-state index is 11.3. The fraction of sp³-hybridized carbons (Fsp3) is 0.900. The molecule has 1 aliphatic rings. The largest absolute Gasteiger partial charge is 0.354 e. The number of carbonyl (C=O) groups excluding carboxylic acids is 1. The zero-order valence-electron chi connectivity index (χ0n) is 8.84. The van der Waals surface area contributed by atoms with E-state index in [1.807, 2.05) is 18.7 Å². The molecule has 1 heterocycles. The monoisotopic (exact) mass is 216 g/mol. The Kier molecular flexibility index (Phi) is 6.03. The first kappa shape index (κ1) is 11.9. The van der Waals surface area contributed by atoms with Crippen molar-refractivity contribution in [3.8, 4) is 0 Å². The van der Waals surface area contributed by atoms with E-state index in [2.05, 4.69) is 10.6 Å². The molecule has 0 bridgehead atoms. The molecule has 14 heavy (non-hydrogen) atoms. The van der Waals surface area contributed by atoms with Crippen LogP contribution in [0.2, 0.25) is 0 Å². The summed E-state index contributed by atoms with van der Waals surface area (Å²) in [5, 5.41) is 6.63. The molecule has 1 amide bonds. The smallest absolute Gasteiger partial charge is 0.233 e. The van der Waals surface area contributed by atoms with Crippen LogP contribution in [0.4, 0.5) is 0 Å². The van der Waals surface area contributed by atoms with Crippen molar-refractivity contribution in [1.29, 1.82) is 0 Å². The summed E-state index contributed by atoms with van der Waals surface area (Å²) >= 11 is 1.99. The van der Waals surface area contributed by atoms with Gasteiger partial charge in [-0.1, -0.05) is 13.3 Å². The molecule has 0 aromatic rings. The van der Waals surface area contributed by atoms with Crippen molar-refractivity contribution in [2.24, 2.45) is 0 Å². The van der Waals surface area contributed by atoms with E-state index in [1.165, 1.54) is 25.0 Å². The second-order valence-electron chi connectivity index (χ2n) is 3.57.